The molecule has 5 heteroatoms. The summed E-state index contributed by atoms with van der Waals surface area (Å²) in [7, 11) is 0. The Kier molecular flexibility index (Phi) is 4.65. The van der Waals surface area contributed by atoms with Crippen LogP contribution in [0.2, 0.25) is 0 Å². The third-order valence-electron chi connectivity index (χ3n) is 2.98. The van der Waals surface area contributed by atoms with Crippen molar-refractivity contribution in [1.82, 2.24) is 4.98 Å². The highest BCUT2D eigenvalue weighted by atomic mass is 19.1. The van der Waals surface area contributed by atoms with Gasteiger partial charge in [-0.1, -0.05) is 0 Å². The molecule has 0 unspecified atom stereocenters. The van der Waals surface area contributed by atoms with Crippen LogP contribution in [0.3, 0.4) is 0 Å². The average Bonchev–Trinajstić information content (AvgIpc) is 2.42. The summed E-state index contributed by atoms with van der Waals surface area (Å²) < 4.78 is 13.2. The van der Waals surface area contributed by atoms with Gasteiger partial charge in [0, 0.05) is 43.0 Å². The van der Waals surface area contributed by atoms with E-state index in [0.29, 0.717) is 25.0 Å². The van der Waals surface area contributed by atoms with Gasteiger partial charge in [0.25, 0.3) is 0 Å². The number of benzene rings is 1. The van der Waals surface area contributed by atoms with Crippen molar-refractivity contribution in [3.05, 3.63) is 36.3 Å². The molecule has 2 aromatic rings. The van der Waals surface area contributed by atoms with E-state index in [1.54, 1.807) is 12.3 Å². The molecule has 0 bridgehead atoms. The second-order valence-electron chi connectivity index (χ2n) is 4.28. The Morgan fingerprint density at radius 3 is 2.68 bits per heavy atom. The number of nitrogens with zero attached hydrogens (tertiary/aromatic N) is 2. The monoisotopic (exact) mass is 264 g/mol. The molecule has 0 amide bonds. The standard InChI is InChI=1S/C14H17FN2O2/c15-11-2-3-12-13(10-11)16-5-4-14(12)17(7-9-19)6-1-8-18/h2-5,10,18-19H,1,6-9H2. The van der Waals surface area contributed by atoms with Gasteiger partial charge in [0.1, 0.15) is 5.82 Å². The van der Waals surface area contributed by atoms with Gasteiger partial charge >= 0.3 is 0 Å². The van der Waals surface area contributed by atoms with E-state index in [4.69, 9.17) is 10.2 Å². The van der Waals surface area contributed by atoms with Crippen LogP contribution in [-0.4, -0.2) is 41.5 Å². The fourth-order valence-electron chi connectivity index (χ4n) is 2.12. The molecule has 102 valence electrons. The van der Waals surface area contributed by atoms with Crippen molar-refractivity contribution in [3.8, 4) is 0 Å². The van der Waals surface area contributed by atoms with Crippen LogP contribution in [0.4, 0.5) is 10.1 Å². The molecule has 0 radical (unpaired) electrons. The molecule has 1 aromatic heterocycles. The van der Waals surface area contributed by atoms with Crippen LogP contribution in [0.25, 0.3) is 10.9 Å². The molecule has 0 spiro atoms. The minimum Gasteiger partial charge on any atom is -0.396 e. The first-order valence-corrected chi connectivity index (χ1v) is 6.27. The zero-order valence-corrected chi connectivity index (χ0v) is 10.6. The number of halogens is 1. The molecule has 0 aliphatic heterocycles. The zero-order valence-electron chi connectivity index (χ0n) is 10.6. The highest BCUT2D eigenvalue weighted by molar-refractivity contribution is 5.91. The fraction of sp³-hybridized carbons (Fsp3) is 0.357. The number of hydrogen-bond acceptors (Lipinski definition) is 4. The van der Waals surface area contributed by atoms with E-state index in [1.807, 2.05) is 11.0 Å². The van der Waals surface area contributed by atoms with E-state index in [9.17, 15) is 4.39 Å². The van der Waals surface area contributed by atoms with E-state index in [0.717, 1.165) is 11.1 Å². The number of hydrogen-bond donors (Lipinski definition) is 2. The minimum atomic E-state index is -0.318. The summed E-state index contributed by atoms with van der Waals surface area (Å²) in [4.78, 5) is 6.12. The topological polar surface area (TPSA) is 56.6 Å². The number of pyridine rings is 1. The van der Waals surface area contributed by atoms with Crippen LogP contribution in [-0.2, 0) is 0 Å². The Bertz CT molecular complexity index is 548. The first-order valence-electron chi connectivity index (χ1n) is 6.27. The number of anilines is 1. The summed E-state index contributed by atoms with van der Waals surface area (Å²) >= 11 is 0. The maximum absolute atomic E-state index is 13.2. The molecule has 19 heavy (non-hydrogen) atoms. The zero-order chi connectivity index (χ0) is 13.7. The van der Waals surface area contributed by atoms with Gasteiger partial charge in [-0.05, 0) is 24.6 Å². The summed E-state index contributed by atoms with van der Waals surface area (Å²) in [6.45, 7) is 1.22. The van der Waals surface area contributed by atoms with Crippen molar-refractivity contribution < 1.29 is 14.6 Å². The number of fused-ring (bicyclic) bond motifs is 1. The maximum Gasteiger partial charge on any atom is 0.125 e. The van der Waals surface area contributed by atoms with Crippen LogP contribution in [0.15, 0.2) is 30.5 Å². The van der Waals surface area contributed by atoms with Crippen LogP contribution >= 0.6 is 0 Å². The van der Waals surface area contributed by atoms with Gasteiger partial charge < -0.3 is 15.1 Å². The Morgan fingerprint density at radius 1 is 1.11 bits per heavy atom. The largest absolute Gasteiger partial charge is 0.396 e. The molecule has 0 aliphatic carbocycles. The van der Waals surface area contributed by atoms with E-state index in [-0.39, 0.29) is 19.0 Å². The van der Waals surface area contributed by atoms with Gasteiger partial charge in [-0.3, -0.25) is 4.98 Å². The molecule has 2 N–H and O–H groups in total. The van der Waals surface area contributed by atoms with Gasteiger partial charge in [0.2, 0.25) is 0 Å². The Labute approximate surface area is 111 Å². The van der Waals surface area contributed by atoms with E-state index in [2.05, 4.69) is 4.98 Å². The SMILES string of the molecule is OCCCN(CCO)c1ccnc2cc(F)ccc12. The van der Waals surface area contributed by atoms with Gasteiger partial charge in [-0.2, -0.15) is 0 Å². The summed E-state index contributed by atoms with van der Waals surface area (Å²) in [5, 5.41) is 18.9. The Morgan fingerprint density at radius 2 is 1.95 bits per heavy atom. The molecular formula is C14H17FN2O2. The summed E-state index contributed by atoms with van der Waals surface area (Å²) in [5.74, 6) is -0.318. The van der Waals surface area contributed by atoms with Crippen molar-refractivity contribution in [2.75, 3.05) is 31.2 Å². The number of rotatable bonds is 6. The second kappa shape index (κ2) is 6.45. The number of aliphatic hydroxyl groups excluding tert-OH is 2. The van der Waals surface area contributed by atoms with Gasteiger partial charge in [0.05, 0.1) is 12.1 Å². The molecule has 0 saturated carbocycles. The number of aromatic nitrogens is 1. The Hall–Kier alpha value is -1.72. The molecule has 2 rings (SSSR count). The second-order valence-corrected chi connectivity index (χ2v) is 4.28. The molecule has 0 saturated heterocycles. The lowest BCUT2D eigenvalue weighted by atomic mass is 10.1. The first-order chi connectivity index (χ1) is 9.26. The lowest BCUT2D eigenvalue weighted by Crippen LogP contribution is -2.28. The average molecular weight is 264 g/mol. The van der Waals surface area contributed by atoms with Gasteiger partial charge in [-0.15, -0.1) is 0 Å². The van der Waals surface area contributed by atoms with Crippen LogP contribution in [0.1, 0.15) is 6.42 Å². The quantitative estimate of drug-likeness (QED) is 0.831. The molecule has 1 heterocycles. The highest BCUT2D eigenvalue weighted by Gasteiger charge is 2.10. The first kappa shape index (κ1) is 13.7. The van der Waals surface area contributed by atoms with Crippen LogP contribution in [0.5, 0.6) is 0 Å². The predicted octanol–water partition coefficient (Wildman–Crippen LogP) is 1.55. The van der Waals surface area contributed by atoms with Crippen molar-refractivity contribution >= 4 is 16.6 Å². The van der Waals surface area contributed by atoms with E-state index >= 15 is 0 Å². The van der Waals surface area contributed by atoms with E-state index in [1.165, 1.54) is 12.1 Å². The predicted molar refractivity (Wildman–Crippen MR) is 72.7 cm³/mol. The normalized spacial score (nSPS) is 10.9. The molecule has 1 aromatic carbocycles. The third-order valence-corrected chi connectivity index (χ3v) is 2.98. The fourth-order valence-corrected chi connectivity index (χ4v) is 2.12. The van der Waals surface area contributed by atoms with Crippen molar-refractivity contribution in [2.24, 2.45) is 0 Å². The van der Waals surface area contributed by atoms with Crippen molar-refractivity contribution in [2.45, 2.75) is 6.42 Å². The third kappa shape index (κ3) is 3.19. The summed E-state index contributed by atoms with van der Waals surface area (Å²) in [6, 6.07) is 6.32. The summed E-state index contributed by atoms with van der Waals surface area (Å²) in [5.41, 5.74) is 1.48. The van der Waals surface area contributed by atoms with Gasteiger partial charge in [0.15, 0.2) is 0 Å². The molecule has 0 aliphatic rings. The molecular weight excluding hydrogens is 247 g/mol. The lowest BCUT2D eigenvalue weighted by Gasteiger charge is -2.24. The van der Waals surface area contributed by atoms with Crippen molar-refractivity contribution in [3.63, 3.8) is 0 Å². The smallest absolute Gasteiger partial charge is 0.125 e. The van der Waals surface area contributed by atoms with E-state index < -0.39 is 0 Å². The van der Waals surface area contributed by atoms with Gasteiger partial charge in [-0.25, -0.2) is 4.39 Å². The Balaban J connectivity index is 2.40. The maximum atomic E-state index is 13.2. The molecule has 0 fully saturated rings. The van der Waals surface area contributed by atoms with Crippen molar-refractivity contribution in [1.29, 1.82) is 0 Å². The van der Waals surface area contributed by atoms with Crippen LogP contribution < -0.4 is 4.90 Å². The minimum absolute atomic E-state index is 0.0242. The highest BCUT2D eigenvalue weighted by Crippen LogP contribution is 2.25. The lowest BCUT2D eigenvalue weighted by molar-refractivity contribution is 0.281. The molecule has 0 atom stereocenters. The summed E-state index contributed by atoms with van der Waals surface area (Å²) in [6.07, 6.45) is 2.24. The van der Waals surface area contributed by atoms with Crippen LogP contribution in [0, 0.1) is 5.82 Å². The molecule has 4 nitrogen and oxygen atoms in total. The number of aliphatic hydroxyl groups is 2.